The molecule has 16 heavy (non-hydrogen) atoms. The molecule has 2 N–H and O–H groups in total. The summed E-state index contributed by atoms with van der Waals surface area (Å²) in [6.45, 7) is 5.02. The molecule has 0 aliphatic heterocycles. The second kappa shape index (κ2) is 6.66. The number of nitrogens with one attached hydrogen (secondary N) is 1. The molecule has 0 saturated heterocycles. The number of hydrogen-bond acceptors (Lipinski definition) is 3. The van der Waals surface area contributed by atoms with Crippen molar-refractivity contribution in [3.8, 4) is 0 Å². The van der Waals surface area contributed by atoms with Crippen molar-refractivity contribution in [2.24, 2.45) is 0 Å². The van der Waals surface area contributed by atoms with E-state index >= 15 is 0 Å². The molecule has 3 nitrogen and oxygen atoms in total. The van der Waals surface area contributed by atoms with E-state index in [9.17, 15) is 4.79 Å². The van der Waals surface area contributed by atoms with Crippen molar-refractivity contribution < 1.29 is 9.90 Å². The summed E-state index contributed by atoms with van der Waals surface area (Å²) in [5.41, 5.74) is 0. The second-order valence-electron chi connectivity index (χ2n) is 4.07. The second-order valence-corrected chi connectivity index (χ2v) is 5.44. The SMILES string of the molecule is Cc1ccc(CC(C)NCCCC(=O)O)s1. The number of carbonyl (C=O) groups is 1. The molecule has 0 saturated carbocycles. The summed E-state index contributed by atoms with van der Waals surface area (Å²) in [4.78, 5) is 13.0. The minimum absolute atomic E-state index is 0.248. The first kappa shape index (κ1) is 13.2. The first-order valence-corrected chi connectivity index (χ1v) is 6.40. The maximum absolute atomic E-state index is 10.3. The maximum Gasteiger partial charge on any atom is 0.303 e. The first-order chi connectivity index (χ1) is 7.58. The van der Waals surface area contributed by atoms with Crippen LogP contribution in [0.3, 0.4) is 0 Å². The highest BCUT2D eigenvalue weighted by Crippen LogP contribution is 2.16. The van der Waals surface area contributed by atoms with Gasteiger partial charge in [-0.1, -0.05) is 0 Å². The van der Waals surface area contributed by atoms with Gasteiger partial charge in [-0.15, -0.1) is 11.3 Å². The van der Waals surface area contributed by atoms with Gasteiger partial charge in [0.2, 0.25) is 0 Å². The lowest BCUT2D eigenvalue weighted by atomic mass is 10.2. The van der Waals surface area contributed by atoms with Gasteiger partial charge in [0.15, 0.2) is 0 Å². The van der Waals surface area contributed by atoms with Crippen LogP contribution in [0.4, 0.5) is 0 Å². The molecule has 0 fully saturated rings. The fraction of sp³-hybridized carbons (Fsp3) is 0.583. The van der Waals surface area contributed by atoms with Gasteiger partial charge in [0, 0.05) is 22.2 Å². The Balaban J connectivity index is 2.16. The number of rotatable bonds is 7. The molecular weight excluding hydrogens is 222 g/mol. The molecule has 0 aliphatic carbocycles. The molecule has 0 bridgehead atoms. The molecule has 0 radical (unpaired) electrons. The summed E-state index contributed by atoms with van der Waals surface area (Å²) in [7, 11) is 0. The molecule has 1 aromatic heterocycles. The van der Waals surface area contributed by atoms with E-state index in [1.165, 1.54) is 9.75 Å². The molecule has 1 unspecified atom stereocenters. The third-order valence-electron chi connectivity index (χ3n) is 2.36. The lowest BCUT2D eigenvalue weighted by Crippen LogP contribution is -2.29. The van der Waals surface area contributed by atoms with E-state index in [2.05, 4.69) is 31.3 Å². The highest BCUT2D eigenvalue weighted by Gasteiger charge is 2.05. The van der Waals surface area contributed by atoms with Crippen molar-refractivity contribution in [2.45, 2.75) is 39.2 Å². The fourth-order valence-electron chi connectivity index (χ4n) is 1.56. The molecule has 0 amide bonds. The van der Waals surface area contributed by atoms with Gasteiger partial charge in [-0.2, -0.15) is 0 Å². The minimum Gasteiger partial charge on any atom is -0.481 e. The van der Waals surface area contributed by atoms with E-state index in [1.807, 2.05) is 11.3 Å². The maximum atomic E-state index is 10.3. The van der Waals surface area contributed by atoms with E-state index in [-0.39, 0.29) is 6.42 Å². The van der Waals surface area contributed by atoms with Crippen LogP contribution in [0.1, 0.15) is 29.5 Å². The molecule has 0 spiro atoms. The topological polar surface area (TPSA) is 49.3 Å². The smallest absolute Gasteiger partial charge is 0.303 e. The predicted octanol–water partition coefficient (Wildman–Crippen LogP) is 2.44. The summed E-state index contributed by atoms with van der Waals surface area (Å²) in [5.74, 6) is -0.719. The molecule has 90 valence electrons. The van der Waals surface area contributed by atoms with Crippen LogP contribution >= 0.6 is 11.3 Å². The zero-order valence-corrected chi connectivity index (χ0v) is 10.6. The summed E-state index contributed by atoms with van der Waals surface area (Å²) < 4.78 is 0. The van der Waals surface area contributed by atoms with E-state index in [0.717, 1.165) is 13.0 Å². The van der Waals surface area contributed by atoms with Crippen molar-refractivity contribution in [2.75, 3.05) is 6.54 Å². The van der Waals surface area contributed by atoms with Gasteiger partial charge in [0.1, 0.15) is 0 Å². The van der Waals surface area contributed by atoms with E-state index in [0.29, 0.717) is 12.5 Å². The summed E-state index contributed by atoms with van der Waals surface area (Å²) in [6.07, 6.45) is 1.96. The summed E-state index contributed by atoms with van der Waals surface area (Å²) in [5, 5.41) is 11.8. The molecule has 0 aliphatic rings. The lowest BCUT2D eigenvalue weighted by molar-refractivity contribution is -0.137. The zero-order chi connectivity index (χ0) is 12.0. The highest BCUT2D eigenvalue weighted by atomic mass is 32.1. The van der Waals surface area contributed by atoms with Crippen LogP contribution in [0.15, 0.2) is 12.1 Å². The third kappa shape index (κ3) is 5.28. The van der Waals surface area contributed by atoms with Crippen molar-refractivity contribution in [3.63, 3.8) is 0 Å². The van der Waals surface area contributed by atoms with Crippen LogP contribution < -0.4 is 5.32 Å². The Morgan fingerprint density at radius 2 is 2.31 bits per heavy atom. The molecule has 1 heterocycles. The van der Waals surface area contributed by atoms with Gasteiger partial charge in [0.25, 0.3) is 0 Å². The Labute approximate surface area is 100 Å². The zero-order valence-electron chi connectivity index (χ0n) is 9.82. The van der Waals surface area contributed by atoms with Crippen LogP contribution in [-0.2, 0) is 11.2 Å². The average Bonchev–Trinajstić information content (AvgIpc) is 2.58. The largest absolute Gasteiger partial charge is 0.481 e. The van der Waals surface area contributed by atoms with Crippen molar-refractivity contribution in [1.29, 1.82) is 0 Å². The van der Waals surface area contributed by atoms with Gasteiger partial charge >= 0.3 is 5.97 Å². The number of carboxylic acid groups (broad SMARTS) is 1. The predicted molar refractivity (Wildman–Crippen MR) is 67.1 cm³/mol. The van der Waals surface area contributed by atoms with Gasteiger partial charge in [0.05, 0.1) is 0 Å². The highest BCUT2D eigenvalue weighted by molar-refractivity contribution is 7.11. The number of carboxylic acids is 1. The van der Waals surface area contributed by atoms with Crippen LogP contribution in [0.25, 0.3) is 0 Å². The number of aryl methyl sites for hydroxylation is 1. The normalized spacial score (nSPS) is 12.6. The number of thiophene rings is 1. The van der Waals surface area contributed by atoms with Gasteiger partial charge < -0.3 is 10.4 Å². The van der Waals surface area contributed by atoms with Gasteiger partial charge in [-0.05, 0) is 45.4 Å². The Morgan fingerprint density at radius 1 is 1.56 bits per heavy atom. The number of hydrogen-bond donors (Lipinski definition) is 2. The Kier molecular flexibility index (Phi) is 5.49. The summed E-state index contributed by atoms with van der Waals surface area (Å²) >= 11 is 1.83. The third-order valence-corrected chi connectivity index (χ3v) is 3.39. The van der Waals surface area contributed by atoms with Gasteiger partial charge in [-0.3, -0.25) is 4.79 Å². The van der Waals surface area contributed by atoms with Gasteiger partial charge in [-0.25, -0.2) is 0 Å². The van der Waals surface area contributed by atoms with E-state index < -0.39 is 5.97 Å². The Hall–Kier alpha value is -0.870. The number of aliphatic carboxylic acids is 1. The van der Waals surface area contributed by atoms with Crippen molar-refractivity contribution in [1.82, 2.24) is 5.32 Å². The van der Waals surface area contributed by atoms with E-state index in [1.54, 1.807) is 0 Å². The van der Waals surface area contributed by atoms with Crippen molar-refractivity contribution in [3.05, 3.63) is 21.9 Å². The Bertz CT molecular complexity index is 336. The van der Waals surface area contributed by atoms with Crippen LogP contribution in [-0.4, -0.2) is 23.7 Å². The van der Waals surface area contributed by atoms with Crippen LogP contribution in [0, 0.1) is 6.92 Å². The molecule has 0 aromatic carbocycles. The molecule has 1 aromatic rings. The first-order valence-electron chi connectivity index (χ1n) is 5.58. The fourth-order valence-corrected chi connectivity index (χ4v) is 2.58. The molecule has 1 rings (SSSR count). The molecular formula is C12H19NO2S. The Morgan fingerprint density at radius 3 is 2.88 bits per heavy atom. The minimum atomic E-state index is -0.719. The quantitative estimate of drug-likeness (QED) is 0.721. The molecule has 1 atom stereocenters. The standard InChI is InChI=1S/C12H19NO2S/c1-9(13-7-3-4-12(14)15)8-11-6-5-10(2)16-11/h5-6,9,13H,3-4,7-8H2,1-2H3,(H,14,15). The van der Waals surface area contributed by atoms with Crippen LogP contribution in [0.5, 0.6) is 0 Å². The van der Waals surface area contributed by atoms with Crippen molar-refractivity contribution >= 4 is 17.3 Å². The average molecular weight is 241 g/mol. The van der Waals surface area contributed by atoms with E-state index in [4.69, 9.17) is 5.11 Å². The molecule has 4 heteroatoms. The summed E-state index contributed by atoms with van der Waals surface area (Å²) in [6, 6.07) is 4.71. The monoisotopic (exact) mass is 241 g/mol. The lowest BCUT2D eigenvalue weighted by Gasteiger charge is -2.11. The van der Waals surface area contributed by atoms with Crippen LogP contribution in [0.2, 0.25) is 0 Å².